The van der Waals surface area contributed by atoms with Gasteiger partial charge in [-0.2, -0.15) is 0 Å². The largest absolute Gasteiger partial charge is 0.305 e. The minimum Gasteiger partial charge on any atom is -0.305 e. The third kappa shape index (κ3) is 3.74. The van der Waals surface area contributed by atoms with Crippen molar-refractivity contribution >= 4 is 34.3 Å². The van der Waals surface area contributed by atoms with E-state index in [1.54, 1.807) is 22.7 Å². The summed E-state index contributed by atoms with van der Waals surface area (Å²) in [6.07, 6.45) is 0. The van der Waals surface area contributed by atoms with Crippen molar-refractivity contribution in [2.24, 2.45) is 0 Å². The number of benzene rings is 1. The van der Waals surface area contributed by atoms with Crippen molar-refractivity contribution in [3.05, 3.63) is 68.7 Å². The smallest absolute Gasteiger partial charge is 0.0409 e. The molecule has 0 saturated heterocycles. The molecule has 0 aliphatic carbocycles. The summed E-state index contributed by atoms with van der Waals surface area (Å²) in [5, 5.41) is 8.69. The first-order chi connectivity index (χ1) is 10.2. The Hall–Kier alpha value is -1.13. The molecular weight excluding hydrogens is 318 g/mol. The second-order valence-electron chi connectivity index (χ2n) is 4.94. The van der Waals surface area contributed by atoms with E-state index in [1.165, 1.54) is 20.9 Å². The fraction of sp³-hybridized carbons (Fsp3) is 0.176. The summed E-state index contributed by atoms with van der Waals surface area (Å²) in [6.45, 7) is 3.04. The fourth-order valence-corrected chi connectivity index (χ4v) is 4.02. The molecule has 0 aliphatic rings. The van der Waals surface area contributed by atoms with E-state index in [0.717, 1.165) is 11.6 Å². The first kappa shape index (κ1) is 14.8. The highest BCUT2D eigenvalue weighted by atomic mass is 35.5. The topological polar surface area (TPSA) is 12.0 Å². The molecule has 0 bridgehead atoms. The van der Waals surface area contributed by atoms with Crippen molar-refractivity contribution in [3.8, 4) is 10.4 Å². The molecule has 0 saturated carbocycles. The molecule has 0 unspecified atom stereocenters. The minimum absolute atomic E-state index is 0.288. The highest BCUT2D eigenvalue weighted by Crippen LogP contribution is 2.29. The number of hydrogen-bond acceptors (Lipinski definition) is 3. The van der Waals surface area contributed by atoms with E-state index in [-0.39, 0.29) is 6.04 Å². The van der Waals surface area contributed by atoms with Gasteiger partial charge in [-0.05, 0) is 47.5 Å². The third-order valence-electron chi connectivity index (χ3n) is 3.39. The Kier molecular flexibility index (Phi) is 4.76. The van der Waals surface area contributed by atoms with Crippen LogP contribution in [-0.4, -0.2) is 0 Å². The zero-order chi connectivity index (χ0) is 14.7. The normalized spacial score (nSPS) is 12.5. The van der Waals surface area contributed by atoms with Crippen LogP contribution in [0, 0.1) is 0 Å². The Labute approximate surface area is 138 Å². The molecule has 108 valence electrons. The van der Waals surface area contributed by atoms with Gasteiger partial charge in [0.25, 0.3) is 0 Å². The highest BCUT2D eigenvalue weighted by molar-refractivity contribution is 7.14. The summed E-state index contributed by atoms with van der Waals surface area (Å²) in [4.78, 5) is 2.69. The maximum absolute atomic E-state index is 6.04. The SMILES string of the molecule is C[C@@H](NCc1cc(-c2cccs2)cs1)c1cccc(Cl)c1. The summed E-state index contributed by atoms with van der Waals surface area (Å²) < 4.78 is 0. The summed E-state index contributed by atoms with van der Waals surface area (Å²) >= 11 is 9.63. The van der Waals surface area contributed by atoms with Crippen LogP contribution in [0.4, 0.5) is 0 Å². The van der Waals surface area contributed by atoms with E-state index in [4.69, 9.17) is 11.6 Å². The van der Waals surface area contributed by atoms with Gasteiger partial charge in [-0.15, -0.1) is 22.7 Å². The lowest BCUT2D eigenvalue weighted by Gasteiger charge is -2.13. The molecule has 1 nitrogen and oxygen atoms in total. The first-order valence-electron chi connectivity index (χ1n) is 6.82. The maximum atomic E-state index is 6.04. The van der Waals surface area contributed by atoms with E-state index in [1.807, 2.05) is 18.2 Å². The van der Waals surface area contributed by atoms with Crippen LogP contribution in [-0.2, 0) is 6.54 Å². The lowest BCUT2D eigenvalue weighted by atomic mass is 10.1. The molecule has 3 rings (SSSR count). The predicted molar refractivity (Wildman–Crippen MR) is 94.3 cm³/mol. The van der Waals surface area contributed by atoms with Crippen LogP contribution in [0.3, 0.4) is 0 Å². The fourth-order valence-electron chi connectivity index (χ4n) is 2.19. The van der Waals surface area contributed by atoms with Crippen molar-refractivity contribution in [2.45, 2.75) is 19.5 Å². The van der Waals surface area contributed by atoms with Crippen LogP contribution in [0.1, 0.15) is 23.4 Å². The molecule has 0 spiro atoms. The van der Waals surface area contributed by atoms with Crippen LogP contribution < -0.4 is 5.32 Å². The number of thiophene rings is 2. The predicted octanol–water partition coefficient (Wildman–Crippen LogP) is 5.98. The number of nitrogens with one attached hydrogen (secondary N) is 1. The second kappa shape index (κ2) is 6.75. The van der Waals surface area contributed by atoms with Crippen molar-refractivity contribution in [2.75, 3.05) is 0 Å². The van der Waals surface area contributed by atoms with Crippen LogP contribution in [0.5, 0.6) is 0 Å². The van der Waals surface area contributed by atoms with E-state index in [2.05, 4.69) is 47.3 Å². The molecule has 0 amide bonds. The Morgan fingerprint density at radius 2 is 2.05 bits per heavy atom. The van der Waals surface area contributed by atoms with Gasteiger partial charge < -0.3 is 5.32 Å². The van der Waals surface area contributed by atoms with E-state index >= 15 is 0 Å². The average molecular weight is 334 g/mol. The molecule has 1 N–H and O–H groups in total. The van der Waals surface area contributed by atoms with Crippen LogP contribution in [0.25, 0.3) is 10.4 Å². The molecule has 2 aromatic heterocycles. The molecule has 4 heteroatoms. The maximum Gasteiger partial charge on any atom is 0.0409 e. The Morgan fingerprint density at radius 3 is 2.81 bits per heavy atom. The lowest BCUT2D eigenvalue weighted by Crippen LogP contribution is -2.17. The summed E-state index contributed by atoms with van der Waals surface area (Å²) in [6, 6.07) is 14.8. The van der Waals surface area contributed by atoms with Gasteiger partial charge in [0.1, 0.15) is 0 Å². The standard InChI is InChI=1S/C17H16ClNS2/c1-12(13-4-2-5-15(18)8-13)19-10-16-9-14(11-21-16)17-6-3-7-20-17/h2-9,11-12,19H,10H2,1H3/t12-/m1/s1. The van der Waals surface area contributed by atoms with Gasteiger partial charge in [0.05, 0.1) is 0 Å². The molecule has 0 fully saturated rings. The van der Waals surface area contributed by atoms with Gasteiger partial charge in [-0.3, -0.25) is 0 Å². The molecule has 0 aliphatic heterocycles. The quantitative estimate of drug-likeness (QED) is 0.605. The van der Waals surface area contributed by atoms with Crippen molar-refractivity contribution in [3.63, 3.8) is 0 Å². The highest BCUT2D eigenvalue weighted by Gasteiger charge is 2.07. The van der Waals surface area contributed by atoms with Gasteiger partial charge in [-0.25, -0.2) is 0 Å². The second-order valence-corrected chi connectivity index (χ2v) is 7.32. The molecule has 2 heterocycles. The first-order valence-corrected chi connectivity index (χ1v) is 8.96. The molecule has 21 heavy (non-hydrogen) atoms. The lowest BCUT2D eigenvalue weighted by molar-refractivity contribution is 0.579. The van der Waals surface area contributed by atoms with Gasteiger partial charge >= 0.3 is 0 Å². The number of hydrogen-bond donors (Lipinski definition) is 1. The van der Waals surface area contributed by atoms with Crippen LogP contribution in [0.2, 0.25) is 5.02 Å². The van der Waals surface area contributed by atoms with Crippen LogP contribution >= 0.6 is 34.3 Å². The summed E-state index contributed by atoms with van der Waals surface area (Å²) in [5.41, 5.74) is 2.54. The zero-order valence-electron chi connectivity index (χ0n) is 11.7. The van der Waals surface area contributed by atoms with Crippen LogP contribution in [0.15, 0.2) is 53.2 Å². The van der Waals surface area contributed by atoms with Gasteiger partial charge in [0.2, 0.25) is 0 Å². The van der Waals surface area contributed by atoms with E-state index < -0.39 is 0 Å². The van der Waals surface area contributed by atoms with E-state index in [0.29, 0.717) is 0 Å². The molecule has 0 radical (unpaired) electrons. The Bertz CT molecular complexity index is 703. The molecule has 1 aromatic carbocycles. The Morgan fingerprint density at radius 1 is 1.14 bits per heavy atom. The Balaban J connectivity index is 1.63. The van der Waals surface area contributed by atoms with E-state index in [9.17, 15) is 0 Å². The monoisotopic (exact) mass is 333 g/mol. The van der Waals surface area contributed by atoms with Crippen molar-refractivity contribution in [1.29, 1.82) is 0 Å². The molecular formula is C17H16ClNS2. The zero-order valence-corrected chi connectivity index (χ0v) is 14.1. The van der Waals surface area contributed by atoms with Crippen molar-refractivity contribution in [1.82, 2.24) is 5.32 Å². The van der Waals surface area contributed by atoms with Gasteiger partial charge in [0.15, 0.2) is 0 Å². The number of halogens is 1. The molecule has 3 aromatic rings. The van der Waals surface area contributed by atoms with Crippen molar-refractivity contribution < 1.29 is 0 Å². The van der Waals surface area contributed by atoms with Gasteiger partial charge in [-0.1, -0.05) is 29.8 Å². The van der Waals surface area contributed by atoms with Gasteiger partial charge in [0, 0.05) is 32.9 Å². The summed E-state index contributed by atoms with van der Waals surface area (Å²) in [7, 11) is 0. The third-order valence-corrected chi connectivity index (χ3v) is 5.48. The molecule has 1 atom stereocenters. The number of rotatable bonds is 5. The average Bonchev–Trinajstić information content (AvgIpc) is 3.15. The summed E-state index contributed by atoms with van der Waals surface area (Å²) in [5.74, 6) is 0. The minimum atomic E-state index is 0.288.